The van der Waals surface area contributed by atoms with Gasteiger partial charge in [-0.2, -0.15) is 0 Å². The Bertz CT molecular complexity index is 484. The molecule has 0 bridgehead atoms. The van der Waals surface area contributed by atoms with Crippen molar-refractivity contribution in [3.05, 3.63) is 23.8 Å². The van der Waals surface area contributed by atoms with Gasteiger partial charge in [0.2, 0.25) is 0 Å². The maximum Gasteiger partial charge on any atom is 0.255 e. The van der Waals surface area contributed by atoms with Crippen LogP contribution in [0.1, 0.15) is 29.6 Å². The molecule has 1 aromatic carbocycles. The molecule has 0 heterocycles. The molecule has 0 unspecified atom stereocenters. The highest BCUT2D eigenvalue weighted by Gasteiger charge is 2.42. The zero-order chi connectivity index (χ0) is 14.6. The van der Waals surface area contributed by atoms with Gasteiger partial charge in [0.15, 0.2) is 0 Å². The lowest BCUT2D eigenvalue weighted by atomic mass is 10.0. The van der Waals surface area contributed by atoms with Crippen molar-refractivity contribution in [3.63, 3.8) is 0 Å². The van der Waals surface area contributed by atoms with Crippen molar-refractivity contribution in [2.24, 2.45) is 5.41 Å². The minimum Gasteiger partial charge on any atom is -0.496 e. The molecule has 20 heavy (non-hydrogen) atoms. The Kier molecular flexibility index (Phi) is 4.49. The van der Waals surface area contributed by atoms with Gasteiger partial charge in [-0.1, -0.05) is 0 Å². The second kappa shape index (κ2) is 6.13. The topological polar surface area (TPSA) is 73.6 Å². The molecular formula is C15H22N2O3. The van der Waals surface area contributed by atoms with Gasteiger partial charge in [-0.15, -0.1) is 0 Å². The van der Waals surface area contributed by atoms with Crippen LogP contribution in [0.4, 0.5) is 5.69 Å². The number of carbonyl (C=O) groups is 1. The Hall–Kier alpha value is -1.75. The molecule has 5 heteroatoms. The van der Waals surface area contributed by atoms with Crippen LogP contribution in [0.2, 0.25) is 0 Å². The average Bonchev–Trinajstić information content (AvgIpc) is 3.23. The van der Waals surface area contributed by atoms with Crippen LogP contribution >= 0.6 is 0 Å². The second-order valence-electron chi connectivity index (χ2n) is 5.39. The zero-order valence-corrected chi connectivity index (χ0v) is 12.1. The monoisotopic (exact) mass is 278 g/mol. The summed E-state index contributed by atoms with van der Waals surface area (Å²) in [6, 6.07) is 5.06. The van der Waals surface area contributed by atoms with E-state index in [1.165, 1.54) is 7.11 Å². The summed E-state index contributed by atoms with van der Waals surface area (Å²) < 4.78 is 10.3. The van der Waals surface area contributed by atoms with E-state index in [1.54, 1.807) is 25.3 Å². The lowest BCUT2D eigenvalue weighted by Crippen LogP contribution is -2.31. The molecule has 1 amide bonds. The average molecular weight is 278 g/mol. The van der Waals surface area contributed by atoms with Crippen LogP contribution in [0, 0.1) is 5.41 Å². The summed E-state index contributed by atoms with van der Waals surface area (Å²) in [6.07, 6.45) is 3.29. The molecule has 110 valence electrons. The molecule has 1 aromatic rings. The number of benzene rings is 1. The van der Waals surface area contributed by atoms with E-state index in [0.717, 1.165) is 25.9 Å². The van der Waals surface area contributed by atoms with E-state index < -0.39 is 0 Å². The van der Waals surface area contributed by atoms with E-state index in [4.69, 9.17) is 15.2 Å². The van der Waals surface area contributed by atoms with Crippen LogP contribution in [0.3, 0.4) is 0 Å². The van der Waals surface area contributed by atoms with Crippen molar-refractivity contribution in [1.29, 1.82) is 0 Å². The van der Waals surface area contributed by atoms with Crippen molar-refractivity contribution in [3.8, 4) is 5.75 Å². The van der Waals surface area contributed by atoms with Crippen LogP contribution in [0.15, 0.2) is 18.2 Å². The van der Waals surface area contributed by atoms with Gasteiger partial charge >= 0.3 is 0 Å². The summed E-state index contributed by atoms with van der Waals surface area (Å²) in [6.45, 7) is 1.42. The molecule has 1 saturated carbocycles. The van der Waals surface area contributed by atoms with E-state index in [1.807, 2.05) is 0 Å². The Morgan fingerprint density at radius 1 is 1.40 bits per heavy atom. The van der Waals surface area contributed by atoms with Gasteiger partial charge in [-0.3, -0.25) is 4.79 Å². The number of anilines is 1. The van der Waals surface area contributed by atoms with Gasteiger partial charge < -0.3 is 20.5 Å². The molecule has 0 radical (unpaired) electrons. The first kappa shape index (κ1) is 14.7. The van der Waals surface area contributed by atoms with E-state index >= 15 is 0 Å². The number of ether oxygens (including phenoxy) is 2. The summed E-state index contributed by atoms with van der Waals surface area (Å²) in [5.74, 6) is 0.384. The van der Waals surface area contributed by atoms with Crippen molar-refractivity contribution in [2.75, 3.05) is 33.1 Å². The zero-order valence-electron chi connectivity index (χ0n) is 12.1. The summed E-state index contributed by atoms with van der Waals surface area (Å²) in [5, 5.41) is 2.99. The predicted octanol–water partition coefficient (Wildman–Crippen LogP) is 1.82. The lowest BCUT2D eigenvalue weighted by Gasteiger charge is -2.16. The molecule has 0 saturated heterocycles. The largest absolute Gasteiger partial charge is 0.496 e. The number of amides is 1. The fourth-order valence-corrected chi connectivity index (χ4v) is 2.27. The Morgan fingerprint density at radius 2 is 2.15 bits per heavy atom. The minimum atomic E-state index is -0.120. The van der Waals surface area contributed by atoms with Gasteiger partial charge in [0.05, 0.1) is 12.7 Å². The van der Waals surface area contributed by atoms with Crippen molar-refractivity contribution >= 4 is 11.6 Å². The fraction of sp³-hybridized carbons (Fsp3) is 0.533. The second-order valence-corrected chi connectivity index (χ2v) is 5.39. The van der Waals surface area contributed by atoms with Crippen LogP contribution in [-0.2, 0) is 4.74 Å². The summed E-state index contributed by atoms with van der Waals surface area (Å²) in [5.41, 5.74) is 7.01. The smallest absolute Gasteiger partial charge is 0.255 e. The number of methoxy groups -OCH3 is 2. The predicted molar refractivity (Wildman–Crippen MR) is 77.9 cm³/mol. The minimum absolute atomic E-state index is 0.120. The normalized spacial score (nSPS) is 15.7. The van der Waals surface area contributed by atoms with Crippen molar-refractivity contribution in [1.82, 2.24) is 5.32 Å². The standard InChI is InChI=1S/C15H22N2O3/c1-19-8-7-15(5-6-15)10-17-14(18)12-4-3-11(16)9-13(12)20-2/h3-4,9H,5-8,10,16H2,1-2H3,(H,17,18). The molecule has 0 aromatic heterocycles. The summed E-state index contributed by atoms with van der Waals surface area (Å²) in [7, 11) is 3.24. The Labute approximate surface area is 119 Å². The highest BCUT2D eigenvalue weighted by atomic mass is 16.5. The number of nitrogens with one attached hydrogen (secondary N) is 1. The van der Waals surface area contributed by atoms with Gasteiger partial charge in [0.25, 0.3) is 5.91 Å². The third-order valence-electron chi connectivity index (χ3n) is 3.89. The first-order valence-electron chi connectivity index (χ1n) is 6.81. The lowest BCUT2D eigenvalue weighted by molar-refractivity contribution is 0.0935. The van der Waals surface area contributed by atoms with E-state index in [2.05, 4.69) is 5.32 Å². The molecule has 5 nitrogen and oxygen atoms in total. The highest BCUT2D eigenvalue weighted by Crippen LogP contribution is 2.48. The highest BCUT2D eigenvalue weighted by molar-refractivity contribution is 5.97. The van der Waals surface area contributed by atoms with Gasteiger partial charge in [-0.05, 0) is 36.8 Å². The van der Waals surface area contributed by atoms with Crippen LogP contribution in [0.25, 0.3) is 0 Å². The first-order valence-corrected chi connectivity index (χ1v) is 6.81. The molecular weight excluding hydrogens is 256 g/mol. The maximum atomic E-state index is 12.2. The molecule has 1 aliphatic rings. The molecule has 0 spiro atoms. The van der Waals surface area contributed by atoms with E-state index in [0.29, 0.717) is 23.5 Å². The Morgan fingerprint density at radius 3 is 2.75 bits per heavy atom. The summed E-state index contributed by atoms with van der Waals surface area (Å²) in [4.78, 5) is 12.2. The van der Waals surface area contributed by atoms with Crippen LogP contribution < -0.4 is 15.8 Å². The van der Waals surface area contributed by atoms with Gasteiger partial charge in [0, 0.05) is 32.0 Å². The third kappa shape index (κ3) is 3.42. The van der Waals surface area contributed by atoms with E-state index in [-0.39, 0.29) is 11.3 Å². The first-order chi connectivity index (χ1) is 9.60. The molecule has 1 fully saturated rings. The number of carbonyl (C=O) groups excluding carboxylic acids is 1. The quantitative estimate of drug-likeness (QED) is 0.746. The van der Waals surface area contributed by atoms with Crippen molar-refractivity contribution < 1.29 is 14.3 Å². The SMILES string of the molecule is COCCC1(CNC(=O)c2ccc(N)cc2OC)CC1. The Balaban J connectivity index is 1.95. The number of nitrogens with two attached hydrogens (primary N) is 1. The number of rotatable bonds is 7. The summed E-state index contributed by atoms with van der Waals surface area (Å²) >= 11 is 0. The number of hydrogen-bond acceptors (Lipinski definition) is 4. The number of hydrogen-bond donors (Lipinski definition) is 2. The molecule has 1 aliphatic carbocycles. The number of nitrogen functional groups attached to an aromatic ring is 1. The van der Waals surface area contributed by atoms with Crippen LogP contribution in [0.5, 0.6) is 5.75 Å². The third-order valence-corrected chi connectivity index (χ3v) is 3.89. The maximum absolute atomic E-state index is 12.2. The fourth-order valence-electron chi connectivity index (χ4n) is 2.27. The molecule has 3 N–H and O–H groups in total. The molecule has 0 atom stereocenters. The van der Waals surface area contributed by atoms with E-state index in [9.17, 15) is 4.79 Å². The molecule has 2 rings (SSSR count). The van der Waals surface area contributed by atoms with Crippen molar-refractivity contribution in [2.45, 2.75) is 19.3 Å². The van der Waals surface area contributed by atoms with Gasteiger partial charge in [-0.25, -0.2) is 0 Å². The van der Waals surface area contributed by atoms with Crippen LogP contribution in [-0.4, -0.2) is 33.3 Å². The molecule has 0 aliphatic heterocycles. The van der Waals surface area contributed by atoms with Gasteiger partial charge in [0.1, 0.15) is 5.75 Å².